The largest absolute Gasteiger partial charge is 0.437 e. The highest BCUT2D eigenvalue weighted by Gasteiger charge is 2.18. The number of para-hydroxylation sites is 1. The van der Waals surface area contributed by atoms with E-state index in [1.165, 1.54) is 12.1 Å². The molecule has 1 aromatic heterocycles. The first-order chi connectivity index (χ1) is 11.7. The van der Waals surface area contributed by atoms with E-state index in [1.807, 2.05) is 24.3 Å². The van der Waals surface area contributed by atoms with Crippen molar-refractivity contribution in [3.63, 3.8) is 0 Å². The monoisotopic (exact) mass is 319 g/mol. The Labute approximate surface area is 137 Å². The Morgan fingerprint density at radius 3 is 2.83 bits per heavy atom. The van der Waals surface area contributed by atoms with E-state index >= 15 is 0 Å². The molecule has 3 aromatic rings. The lowest BCUT2D eigenvalue weighted by molar-refractivity contribution is -0.384. The SMILES string of the molecule is O=[N+]([O-])c1cccc(-c2cnc3c(n2)Oc2ccccc2CC3)c1. The molecule has 0 unspecified atom stereocenters. The fraction of sp³-hybridized carbons (Fsp3) is 0.111. The Kier molecular flexibility index (Phi) is 3.42. The molecular formula is C18H13N3O3. The average Bonchev–Trinajstić information content (AvgIpc) is 2.80. The predicted molar refractivity (Wildman–Crippen MR) is 88.0 cm³/mol. The molecule has 24 heavy (non-hydrogen) atoms. The minimum absolute atomic E-state index is 0.0236. The van der Waals surface area contributed by atoms with Gasteiger partial charge in [-0.15, -0.1) is 0 Å². The van der Waals surface area contributed by atoms with Gasteiger partial charge in [-0.25, -0.2) is 4.98 Å². The standard InChI is InChI=1S/C18H13N3O3/c22-21(23)14-6-3-5-13(10-14)16-11-19-15-9-8-12-4-1-2-7-17(12)24-18(15)20-16/h1-7,10-11H,8-9H2. The number of hydrogen-bond donors (Lipinski definition) is 0. The van der Waals surface area contributed by atoms with Crippen LogP contribution in [0.3, 0.4) is 0 Å². The summed E-state index contributed by atoms with van der Waals surface area (Å²) in [4.78, 5) is 19.5. The van der Waals surface area contributed by atoms with Crippen LogP contribution >= 0.6 is 0 Å². The number of nitro benzene ring substituents is 1. The number of nitrogens with zero attached hydrogens (tertiary/aromatic N) is 3. The number of hydrogen-bond acceptors (Lipinski definition) is 5. The summed E-state index contributed by atoms with van der Waals surface area (Å²) in [6.45, 7) is 0. The zero-order valence-corrected chi connectivity index (χ0v) is 12.7. The van der Waals surface area contributed by atoms with Gasteiger partial charge in [0.15, 0.2) is 0 Å². The first-order valence-electron chi connectivity index (χ1n) is 7.57. The maximum Gasteiger partial charge on any atom is 0.270 e. The van der Waals surface area contributed by atoms with Gasteiger partial charge in [0.2, 0.25) is 5.88 Å². The minimum Gasteiger partial charge on any atom is -0.437 e. The molecule has 0 bridgehead atoms. The Morgan fingerprint density at radius 2 is 1.96 bits per heavy atom. The highest BCUT2D eigenvalue weighted by atomic mass is 16.6. The third-order valence-electron chi connectivity index (χ3n) is 3.97. The number of rotatable bonds is 2. The molecule has 0 N–H and O–H groups in total. The van der Waals surface area contributed by atoms with Crippen molar-refractivity contribution in [3.05, 3.63) is 76.1 Å². The lowest BCUT2D eigenvalue weighted by atomic mass is 10.1. The average molecular weight is 319 g/mol. The van der Waals surface area contributed by atoms with Crippen molar-refractivity contribution in [1.29, 1.82) is 0 Å². The van der Waals surface area contributed by atoms with Crippen molar-refractivity contribution in [2.45, 2.75) is 12.8 Å². The molecular weight excluding hydrogens is 306 g/mol. The zero-order valence-electron chi connectivity index (χ0n) is 12.7. The van der Waals surface area contributed by atoms with Crippen LogP contribution in [0, 0.1) is 10.1 Å². The van der Waals surface area contributed by atoms with E-state index in [-0.39, 0.29) is 5.69 Å². The van der Waals surface area contributed by atoms with E-state index in [0.717, 1.165) is 29.8 Å². The summed E-state index contributed by atoms with van der Waals surface area (Å²) in [6.07, 6.45) is 3.22. The molecule has 1 aliphatic heterocycles. The summed E-state index contributed by atoms with van der Waals surface area (Å²) >= 11 is 0. The molecule has 0 amide bonds. The van der Waals surface area contributed by atoms with Crippen LogP contribution in [0.5, 0.6) is 11.6 Å². The predicted octanol–water partition coefficient (Wildman–Crippen LogP) is 3.94. The highest BCUT2D eigenvalue weighted by molar-refractivity contribution is 5.62. The van der Waals surface area contributed by atoms with Crippen LogP contribution in [0.15, 0.2) is 54.7 Å². The molecule has 118 valence electrons. The number of nitro groups is 1. The van der Waals surface area contributed by atoms with Crippen LogP contribution in [-0.4, -0.2) is 14.9 Å². The van der Waals surface area contributed by atoms with Gasteiger partial charge in [0.1, 0.15) is 11.4 Å². The first-order valence-corrected chi connectivity index (χ1v) is 7.57. The Morgan fingerprint density at radius 1 is 1.08 bits per heavy atom. The summed E-state index contributed by atoms with van der Waals surface area (Å²) < 4.78 is 5.93. The number of benzene rings is 2. The van der Waals surface area contributed by atoms with Crippen LogP contribution in [0.1, 0.15) is 11.3 Å². The molecule has 0 atom stereocenters. The summed E-state index contributed by atoms with van der Waals surface area (Å²) in [7, 11) is 0. The van der Waals surface area contributed by atoms with E-state index in [2.05, 4.69) is 9.97 Å². The van der Waals surface area contributed by atoms with Gasteiger partial charge >= 0.3 is 0 Å². The first kappa shape index (κ1) is 14.3. The third-order valence-corrected chi connectivity index (χ3v) is 3.97. The van der Waals surface area contributed by atoms with Gasteiger partial charge < -0.3 is 4.74 Å². The molecule has 0 radical (unpaired) electrons. The fourth-order valence-corrected chi connectivity index (χ4v) is 2.74. The van der Waals surface area contributed by atoms with Crippen LogP contribution in [-0.2, 0) is 12.8 Å². The zero-order chi connectivity index (χ0) is 16.5. The molecule has 2 heterocycles. The number of ether oxygens (including phenoxy) is 1. The molecule has 1 aliphatic rings. The van der Waals surface area contributed by atoms with Gasteiger partial charge in [-0.2, -0.15) is 0 Å². The van der Waals surface area contributed by atoms with E-state index in [4.69, 9.17) is 4.74 Å². The topological polar surface area (TPSA) is 78.2 Å². The molecule has 0 saturated heterocycles. The number of aryl methyl sites for hydroxylation is 2. The number of fused-ring (bicyclic) bond motifs is 2. The summed E-state index contributed by atoms with van der Waals surface area (Å²) in [5, 5.41) is 10.9. The highest BCUT2D eigenvalue weighted by Crippen LogP contribution is 2.33. The van der Waals surface area contributed by atoms with E-state index in [0.29, 0.717) is 17.1 Å². The van der Waals surface area contributed by atoms with E-state index in [9.17, 15) is 10.1 Å². The number of aromatic nitrogens is 2. The van der Waals surface area contributed by atoms with Crippen molar-refractivity contribution >= 4 is 5.69 Å². The van der Waals surface area contributed by atoms with E-state index < -0.39 is 4.92 Å². The minimum atomic E-state index is -0.423. The molecule has 0 saturated carbocycles. The third kappa shape index (κ3) is 2.58. The molecule has 2 aromatic carbocycles. The van der Waals surface area contributed by atoms with Gasteiger partial charge in [0.25, 0.3) is 5.69 Å². The van der Waals surface area contributed by atoms with Crippen LogP contribution in [0.2, 0.25) is 0 Å². The van der Waals surface area contributed by atoms with Gasteiger partial charge in [0, 0.05) is 17.7 Å². The summed E-state index contributed by atoms with van der Waals surface area (Å²) in [6, 6.07) is 14.2. The Hall–Kier alpha value is -3.28. The van der Waals surface area contributed by atoms with Gasteiger partial charge in [0.05, 0.1) is 16.8 Å². The fourth-order valence-electron chi connectivity index (χ4n) is 2.74. The maximum absolute atomic E-state index is 10.9. The maximum atomic E-state index is 10.9. The molecule has 0 aliphatic carbocycles. The normalized spacial score (nSPS) is 12.5. The van der Waals surface area contributed by atoms with Crippen molar-refractivity contribution in [3.8, 4) is 22.9 Å². The quantitative estimate of drug-likeness (QED) is 0.528. The van der Waals surface area contributed by atoms with Gasteiger partial charge in [-0.3, -0.25) is 15.1 Å². The van der Waals surface area contributed by atoms with E-state index in [1.54, 1.807) is 18.3 Å². The molecule has 6 nitrogen and oxygen atoms in total. The second kappa shape index (κ2) is 5.73. The second-order valence-corrected chi connectivity index (χ2v) is 5.52. The Balaban J connectivity index is 1.75. The molecule has 6 heteroatoms. The van der Waals surface area contributed by atoms with Gasteiger partial charge in [-0.1, -0.05) is 30.3 Å². The molecule has 4 rings (SSSR count). The molecule has 0 fully saturated rings. The van der Waals surface area contributed by atoms with Crippen molar-refractivity contribution in [2.24, 2.45) is 0 Å². The number of non-ortho nitro benzene ring substituents is 1. The summed E-state index contributed by atoms with van der Waals surface area (Å²) in [5.74, 6) is 1.24. The van der Waals surface area contributed by atoms with Crippen LogP contribution in [0.4, 0.5) is 5.69 Å². The van der Waals surface area contributed by atoms with Crippen LogP contribution in [0.25, 0.3) is 11.3 Å². The summed E-state index contributed by atoms with van der Waals surface area (Å²) in [5.41, 5.74) is 3.13. The van der Waals surface area contributed by atoms with Gasteiger partial charge in [-0.05, 0) is 24.5 Å². The molecule has 0 spiro atoms. The van der Waals surface area contributed by atoms with Crippen LogP contribution < -0.4 is 4.74 Å². The van der Waals surface area contributed by atoms with Crippen molar-refractivity contribution in [2.75, 3.05) is 0 Å². The van der Waals surface area contributed by atoms with Crippen molar-refractivity contribution < 1.29 is 9.66 Å². The smallest absolute Gasteiger partial charge is 0.270 e. The lowest BCUT2D eigenvalue weighted by Gasteiger charge is -2.08. The Bertz CT molecular complexity index is 940. The second-order valence-electron chi connectivity index (χ2n) is 5.52. The van der Waals surface area contributed by atoms with Crippen molar-refractivity contribution in [1.82, 2.24) is 9.97 Å². The lowest BCUT2D eigenvalue weighted by Crippen LogP contribution is -1.98.